The SMILES string of the molecule is CCOC[C@H]1OC[C@H](Nc2cncc(C(F)(F)F)n2)[C@@H](OC(C)=O)[C@H]1OC(C)=O. The van der Waals surface area contributed by atoms with E-state index >= 15 is 0 Å². The van der Waals surface area contributed by atoms with Crippen molar-refractivity contribution >= 4 is 17.8 Å². The highest BCUT2D eigenvalue weighted by molar-refractivity contribution is 5.67. The first kappa shape index (κ1) is 22.8. The van der Waals surface area contributed by atoms with Gasteiger partial charge in [0.1, 0.15) is 11.9 Å². The molecule has 1 N–H and O–H groups in total. The van der Waals surface area contributed by atoms with Gasteiger partial charge in [0, 0.05) is 20.5 Å². The zero-order chi connectivity index (χ0) is 21.6. The molecule has 9 nitrogen and oxygen atoms in total. The molecule has 0 radical (unpaired) electrons. The highest BCUT2D eigenvalue weighted by Crippen LogP contribution is 2.29. The molecule has 1 saturated heterocycles. The van der Waals surface area contributed by atoms with Crippen LogP contribution in [0.25, 0.3) is 0 Å². The Hall–Kier alpha value is -2.47. The summed E-state index contributed by atoms with van der Waals surface area (Å²) in [5, 5.41) is 2.72. The van der Waals surface area contributed by atoms with E-state index in [0.29, 0.717) is 12.8 Å². The molecule has 0 bridgehead atoms. The van der Waals surface area contributed by atoms with Gasteiger partial charge in [0.15, 0.2) is 17.9 Å². The lowest BCUT2D eigenvalue weighted by Gasteiger charge is -2.41. The number of anilines is 1. The van der Waals surface area contributed by atoms with Crippen molar-refractivity contribution in [1.82, 2.24) is 9.97 Å². The van der Waals surface area contributed by atoms with Gasteiger partial charge in [0.2, 0.25) is 0 Å². The van der Waals surface area contributed by atoms with Crippen molar-refractivity contribution in [3.05, 3.63) is 18.1 Å². The molecular weight excluding hydrogens is 399 g/mol. The van der Waals surface area contributed by atoms with Crippen molar-refractivity contribution in [2.24, 2.45) is 0 Å². The number of esters is 2. The number of nitrogens with one attached hydrogen (secondary N) is 1. The molecule has 0 amide bonds. The smallest absolute Gasteiger partial charge is 0.434 e. The van der Waals surface area contributed by atoms with Crippen LogP contribution in [0.5, 0.6) is 0 Å². The van der Waals surface area contributed by atoms with Crippen LogP contribution in [0, 0.1) is 0 Å². The lowest BCUT2D eigenvalue weighted by Crippen LogP contribution is -2.59. The normalized spacial score (nSPS) is 24.6. The van der Waals surface area contributed by atoms with Gasteiger partial charge >= 0.3 is 18.1 Å². The van der Waals surface area contributed by atoms with Crippen molar-refractivity contribution in [1.29, 1.82) is 0 Å². The summed E-state index contributed by atoms with van der Waals surface area (Å²) in [5.41, 5.74) is -1.19. The van der Waals surface area contributed by atoms with E-state index in [1.807, 2.05) is 0 Å². The van der Waals surface area contributed by atoms with Crippen LogP contribution in [0.15, 0.2) is 12.4 Å². The van der Waals surface area contributed by atoms with E-state index in [2.05, 4.69) is 15.3 Å². The molecule has 162 valence electrons. The van der Waals surface area contributed by atoms with Gasteiger partial charge in [-0.3, -0.25) is 14.6 Å². The third-order valence-corrected chi connectivity index (χ3v) is 3.93. The first-order chi connectivity index (χ1) is 13.6. The summed E-state index contributed by atoms with van der Waals surface area (Å²) in [7, 11) is 0. The zero-order valence-electron chi connectivity index (χ0n) is 16.1. The number of hydrogen-bond acceptors (Lipinski definition) is 9. The first-order valence-corrected chi connectivity index (χ1v) is 8.81. The molecule has 12 heteroatoms. The minimum absolute atomic E-state index is 0.0641. The van der Waals surface area contributed by atoms with Crippen molar-refractivity contribution in [3.63, 3.8) is 0 Å². The minimum Gasteiger partial charge on any atom is -0.456 e. The molecule has 0 unspecified atom stereocenters. The van der Waals surface area contributed by atoms with Crippen LogP contribution in [0.2, 0.25) is 0 Å². The monoisotopic (exact) mass is 421 g/mol. The number of nitrogens with zero attached hydrogens (tertiary/aromatic N) is 2. The molecule has 29 heavy (non-hydrogen) atoms. The van der Waals surface area contributed by atoms with Crippen LogP contribution in [0.3, 0.4) is 0 Å². The minimum atomic E-state index is -4.67. The number of rotatable bonds is 7. The lowest BCUT2D eigenvalue weighted by atomic mass is 9.97. The largest absolute Gasteiger partial charge is 0.456 e. The summed E-state index contributed by atoms with van der Waals surface area (Å²) in [6.45, 7) is 4.50. The van der Waals surface area contributed by atoms with E-state index in [0.717, 1.165) is 6.20 Å². The number of hydrogen-bond donors (Lipinski definition) is 1. The molecule has 1 aromatic heterocycles. The van der Waals surface area contributed by atoms with E-state index in [4.69, 9.17) is 18.9 Å². The van der Waals surface area contributed by atoms with Crippen LogP contribution in [0.4, 0.5) is 19.0 Å². The van der Waals surface area contributed by atoms with Crippen molar-refractivity contribution in [3.8, 4) is 0 Å². The molecule has 2 heterocycles. The van der Waals surface area contributed by atoms with Crippen LogP contribution < -0.4 is 5.32 Å². The number of carbonyl (C=O) groups is 2. The van der Waals surface area contributed by atoms with E-state index in [1.54, 1.807) is 6.92 Å². The van der Waals surface area contributed by atoms with E-state index in [9.17, 15) is 22.8 Å². The maximum atomic E-state index is 12.9. The number of halogens is 3. The quantitative estimate of drug-likeness (QED) is 0.656. The fourth-order valence-electron chi connectivity index (χ4n) is 2.80. The molecular formula is C17H22F3N3O6. The van der Waals surface area contributed by atoms with Gasteiger partial charge < -0.3 is 24.3 Å². The Morgan fingerprint density at radius 2 is 1.86 bits per heavy atom. The van der Waals surface area contributed by atoms with E-state index in [-0.39, 0.29) is 19.0 Å². The lowest BCUT2D eigenvalue weighted by molar-refractivity contribution is -0.202. The summed E-state index contributed by atoms with van der Waals surface area (Å²) in [6, 6.07) is -0.848. The van der Waals surface area contributed by atoms with Crippen molar-refractivity contribution in [2.75, 3.05) is 25.1 Å². The summed E-state index contributed by atoms with van der Waals surface area (Å²) < 4.78 is 60.2. The van der Waals surface area contributed by atoms with Gasteiger partial charge in [-0.25, -0.2) is 4.98 Å². The Balaban J connectivity index is 2.27. The van der Waals surface area contributed by atoms with Crippen LogP contribution in [-0.2, 0) is 34.7 Å². The molecule has 1 aliphatic heterocycles. The standard InChI is InChI=1S/C17H22F3N3O6/c1-4-26-8-12-16(29-10(3)25)15(28-9(2)24)11(7-27-12)22-14-6-21-5-13(23-14)17(18,19)20/h5-6,11-12,15-16H,4,7-8H2,1-3H3,(H,22,23)/t11-,12+,15+,16-/m0/s1. The van der Waals surface area contributed by atoms with Crippen LogP contribution in [-0.4, -0.2) is 66.1 Å². The van der Waals surface area contributed by atoms with Gasteiger partial charge in [0.05, 0.1) is 31.6 Å². The third-order valence-electron chi connectivity index (χ3n) is 3.93. The van der Waals surface area contributed by atoms with Gasteiger partial charge in [-0.05, 0) is 6.92 Å². The number of aromatic nitrogens is 2. The van der Waals surface area contributed by atoms with Crippen molar-refractivity contribution in [2.45, 2.75) is 51.3 Å². The Bertz CT molecular complexity index is 718. The fourth-order valence-corrected chi connectivity index (χ4v) is 2.80. The van der Waals surface area contributed by atoms with Gasteiger partial charge in [0.25, 0.3) is 0 Å². The molecule has 0 aliphatic carbocycles. The van der Waals surface area contributed by atoms with Crippen LogP contribution >= 0.6 is 0 Å². The summed E-state index contributed by atoms with van der Waals surface area (Å²) in [6.07, 6.45) is -5.81. The van der Waals surface area contributed by atoms with E-state index < -0.39 is 48.2 Å². The molecule has 4 atom stereocenters. The average Bonchev–Trinajstić information content (AvgIpc) is 2.62. The molecule has 1 aromatic rings. The Morgan fingerprint density at radius 3 is 2.45 bits per heavy atom. The summed E-state index contributed by atoms with van der Waals surface area (Å²) >= 11 is 0. The summed E-state index contributed by atoms with van der Waals surface area (Å²) in [5.74, 6) is -1.50. The number of carbonyl (C=O) groups excluding carboxylic acids is 2. The van der Waals surface area contributed by atoms with Crippen LogP contribution in [0.1, 0.15) is 26.5 Å². The zero-order valence-corrected chi connectivity index (χ0v) is 16.1. The maximum Gasteiger partial charge on any atom is 0.434 e. The number of ether oxygens (including phenoxy) is 4. The second-order valence-corrected chi connectivity index (χ2v) is 6.22. The molecule has 2 rings (SSSR count). The second-order valence-electron chi connectivity index (χ2n) is 6.22. The summed E-state index contributed by atoms with van der Waals surface area (Å²) in [4.78, 5) is 30.2. The predicted molar refractivity (Wildman–Crippen MR) is 91.8 cm³/mol. The average molecular weight is 421 g/mol. The topological polar surface area (TPSA) is 109 Å². The fraction of sp³-hybridized carbons (Fsp3) is 0.647. The second kappa shape index (κ2) is 9.83. The predicted octanol–water partition coefficient (Wildman–Crippen LogP) is 1.57. The third kappa shape index (κ3) is 6.53. The maximum absolute atomic E-state index is 12.9. The number of alkyl halides is 3. The van der Waals surface area contributed by atoms with Gasteiger partial charge in [-0.1, -0.05) is 0 Å². The van der Waals surface area contributed by atoms with E-state index in [1.165, 1.54) is 13.8 Å². The molecule has 0 saturated carbocycles. The van der Waals surface area contributed by atoms with Gasteiger partial charge in [-0.15, -0.1) is 0 Å². The van der Waals surface area contributed by atoms with Gasteiger partial charge in [-0.2, -0.15) is 13.2 Å². The molecule has 0 spiro atoms. The molecule has 1 fully saturated rings. The Labute approximate surface area is 164 Å². The Morgan fingerprint density at radius 1 is 1.21 bits per heavy atom. The molecule has 0 aromatic carbocycles. The highest BCUT2D eigenvalue weighted by atomic mass is 19.4. The highest BCUT2D eigenvalue weighted by Gasteiger charge is 2.45. The molecule has 1 aliphatic rings. The Kier molecular flexibility index (Phi) is 7.73. The first-order valence-electron chi connectivity index (χ1n) is 8.81. The van der Waals surface area contributed by atoms with Crippen molar-refractivity contribution < 1.29 is 41.7 Å².